The number of hydrogen-bond acceptors (Lipinski definition) is 4. The number of pyridine rings is 1. The zero-order chi connectivity index (χ0) is 16.6. The lowest BCUT2D eigenvalue weighted by molar-refractivity contribution is 0.0831. The molecule has 0 saturated heterocycles. The predicted octanol–water partition coefficient (Wildman–Crippen LogP) is 3.69. The van der Waals surface area contributed by atoms with E-state index in [0.717, 1.165) is 52.2 Å². The predicted molar refractivity (Wildman–Crippen MR) is 95.5 cm³/mol. The van der Waals surface area contributed by atoms with Crippen molar-refractivity contribution in [3.05, 3.63) is 66.1 Å². The first kappa shape index (κ1) is 14.4. The van der Waals surface area contributed by atoms with Gasteiger partial charge in [0.25, 0.3) is 0 Å². The lowest BCUT2D eigenvalue weighted by Gasteiger charge is -2.15. The maximum absolute atomic E-state index is 5.92. The Kier molecular flexibility index (Phi) is 3.38. The van der Waals surface area contributed by atoms with Crippen LogP contribution in [0.1, 0.15) is 11.4 Å². The van der Waals surface area contributed by atoms with Gasteiger partial charge in [-0.2, -0.15) is 0 Å². The maximum atomic E-state index is 5.92. The molecule has 0 fully saturated rings. The van der Waals surface area contributed by atoms with E-state index in [1.165, 1.54) is 0 Å². The minimum absolute atomic E-state index is 0.550. The minimum atomic E-state index is 0.550. The van der Waals surface area contributed by atoms with E-state index in [1.807, 2.05) is 36.5 Å². The number of rotatable bonds is 3. The second kappa shape index (κ2) is 5.86. The third-order valence-corrected chi connectivity index (χ3v) is 4.56. The van der Waals surface area contributed by atoms with Gasteiger partial charge in [-0.25, -0.2) is 4.98 Å². The second-order valence-electron chi connectivity index (χ2n) is 6.18. The van der Waals surface area contributed by atoms with Crippen LogP contribution in [0.4, 0.5) is 0 Å². The summed E-state index contributed by atoms with van der Waals surface area (Å²) in [6, 6.07) is 16.2. The maximum Gasteiger partial charge on any atom is 0.136 e. The minimum Gasteiger partial charge on any atom is -0.489 e. The first-order chi connectivity index (χ1) is 12.4. The molecule has 5 nitrogen and oxygen atoms in total. The van der Waals surface area contributed by atoms with Crippen molar-refractivity contribution in [2.75, 3.05) is 6.61 Å². The molecule has 0 N–H and O–H groups in total. The number of ether oxygens (including phenoxy) is 2. The van der Waals surface area contributed by atoms with Crippen molar-refractivity contribution in [1.29, 1.82) is 0 Å². The smallest absolute Gasteiger partial charge is 0.136 e. The van der Waals surface area contributed by atoms with Gasteiger partial charge in [0.1, 0.15) is 30.3 Å². The first-order valence-electron chi connectivity index (χ1n) is 8.41. The fourth-order valence-electron chi connectivity index (χ4n) is 3.34. The van der Waals surface area contributed by atoms with Gasteiger partial charge in [0, 0.05) is 18.0 Å². The van der Waals surface area contributed by atoms with Crippen LogP contribution in [-0.4, -0.2) is 21.1 Å². The Balaban J connectivity index is 1.53. The Morgan fingerprint density at radius 1 is 1.08 bits per heavy atom. The monoisotopic (exact) mass is 331 g/mol. The Morgan fingerprint density at radius 3 is 2.92 bits per heavy atom. The number of nitrogens with zero attached hydrogens (tertiary/aromatic N) is 3. The molecule has 2 aromatic carbocycles. The van der Waals surface area contributed by atoms with Crippen LogP contribution in [0, 0.1) is 0 Å². The quantitative estimate of drug-likeness (QED) is 0.574. The molecule has 4 aromatic rings. The Hall–Kier alpha value is -2.92. The van der Waals surface area contributed by atoms with Crippen LogP contribution in [0.15, 0.2) is 54.7 Å². The van der Waals surface area contributed by atoms with Crippen LogP contribution in [0.5, 0.6) is 5.75 Å². The Labute approximate surface area is 144 Å². The van der Waals surface area contributed by atoms with E-state index in [1.54, 1.807) is 0 Å². The van der Waals surface area contributed by atoms with Crippen molar-refractivity contribution in [3.63, 3.8) is 0 Å². The highest BCUT2D eigenvalue weighted by atomic mass is 16.5. The standard InChI is InChI=1S/C20H17N3O2/c1-2-4-14(5-3-1)12-25-15-6-7-16-17(10-15)21-11-18-20(16)23-8-9-24-13-19(23)22-18/h1-7,10-11H,8-9,12-13H2. The summed E-state index contributed by atoms with van der Waals surface area (Å²) in [5.41, 5.74) is 4.13. The molecule has 5 rings (SSSR count). The van der Waals surface area contributed by atoms with Crippen LogP contribution in [-0.2, 0) is 24.5 Å². The van der Waals surface area contributed by atoms with Crippen molar-refractivity contribution >= 4 is 21.9 Å². The molecule has 124 valence electrons. The summed E-state index contributed by atoms with van der Waals surface area (Å²) in [4.78, 5) is 9.22. The fraction of sp³-hybridized carbons (Fsp3) is 0.200. The number of imidazole rings is 1. The molecule has 1 aliphatic rings. The van der Waals surface area contributed by atoms with Gasteiger partial charge in [0.05, 0.1) is 23.8 Å². The van der Waals surface area contributed by atoms with Gasteiger partial charge in [0.15, 0.2) is 0 Å². The molecule has 1 aliphatic heterocycles. The van der Waals surface area contributed by atoms with Gasteiger partial charge in [-0.15, -0.1) is 0 Å². The average Bonchev–Trinajstić information content (AvgIpc) is 3.06. The zero-order valence-electron chi connectivity index (χ0n) is 13.7. The van der Waals surface area contributed by atoms with E-state index >= 15 is 0 Å². The fourth-order valence-corrected chi connectivity index (χ4v) is 3.34. The third-order valence-electron chi connectivity index (χ3n) is 4.56. The Bertz CT molecular complexity index is 1060. The second-order valence-corrected chi connectivity index (χ2v) is 6.18. The number of benzene rings is 2. The first-order valence-corrected chi connectivity index (χ1v) is 8.41. The highest BCUT2D eigenvalue weighted by Crippen LogP contribution is 2.29. The number of fused-ring (bicyclic) bond motifs is 5. The van der Waals surface area contributed by atoms with E-state index in [0.29, 0.717) is 13.2 Å². The zero-order valence-corrected chi connectivity index (χ0v) is 13.7. The lowest BCUT2D eigenvalue weighted by Crippen LogP contribution is -2.16. The van der Waals surface area contributed by atoms with Crippen molar-refractivity contribution in [3.8, 4) is 5.75 Å². The topological polar surface area (TPSA) is 49.2 Å². The highest BCUT2D eigenvalue weighted by Gasteiger charge is 2.17. The largest absolute Gasteiger partial charge is 0.489 e. The molecule has 2 aromatic heterocycles. The Morgan fingerprint density at radius 2 is 2.00 bits per heavy atom. The molecule has 0 amide bonds. The van der Waals surface area contributed by atoms with Gasteiger partial charge in [-0.05, 0) is 17.7 Å². The summed E-state index contributed by atoms with van der Waals surface area (Å²) in [5, 5.41) is 1.10. The van der Waals surface area contributed by atoms with E-state index in [9.17, 15) is 0 Å². The summed E-state index contributed by atoms with van der Waals surface area (Å²) in [6.45, 7) is 2.67. The van der Waals surface area contributed by atoms with E-state index < -0.39 is 0 Å². The van der Waals surface area contributed by atoms with Gasteiger partial charge < -0.3 is 14.0 Å². The molecule has 5 heteroatoms. The molecule has 0 spiro atoms. The van der Waals surface area contributed by atoms with E-state index in [2.05, 4.69) is 32.7 Å². The SMILES string of the molecule is c1ccc(COc2ccc3c(c2)ncc2nc4n(c23)CCOC4)cc1. The van der Waals surface area contributed by atoms with Crippen LogP contribution in [0.25, 0.3) is 21.9 Å². The molecular formula is C20H17N3O2. The van der Waals surface area contributed by atoms with Crippen LogP contribution >= 0.6 is 0 Å². The van der Waals surface area contributed by atoms with Crippen LogP contribution in [0.2, 0.25) is 0 Å². The summed E-state index contributed by atoms with van der Waals surface area (Å²) < 4.78 is 13.7. The summed E-state index contributed by atoms with van der Waals surface area (Å²) in [7, 11) is 0. The van der Waals surface area contributed by atoms with Crippen LogP contribution < -0.4 is 4.74 Å². The van der Waals surface area contributed by atoms with Gasteiger partial charge in [-0.3, -0.25) is 4.98 Å². The van der Waals surface area contributed by atoms with E-state index in [4.69, 9.17) is 9.47 Å². The van der Waals surface area contributed by atoms with E-state index in [-0.39, 0.29) is 0 Å². The molecular weight excluding hydrogens is 314 g/mol. The van der Waals surface area contributed by atoms with Crippen molar-refractivity contribution < 1.29 is 9.47 Å². The summed E-state index contributed by atoms with van der Waals surface area (Å²) in [5.74, 6) is 1.80. The van der Waals surface area contributed by atoms with Gasteiger partial charge in [0.2, 0.25) is 0 Å². The summed E-state index contributed by atoms with van der Waals surface area (Å²) >= 11 is 0. The van der Waals surface area contributed by atoms with Gasteiger partial charge >= 0.3 is 0 Å². The molecule has 0 radical (unpaired) electrons. The van der Waals surface area contributed by atoms with Crippen molar-refractivity contribution in [2.45, 2.75) is 19.8 Å². The molecule has 25 heavy (non-hydrogen) atoms. The third kappa shape index (κ3) is 2.53. The number of aromatic nitrogens is 3. The molecule has 0 saturated carbocycles. The number of hydrogen-bond donors (Lipinski definition) is 0. The highest BCUT2D eigenvalue weighted by molar-refractivity contribution is 6.02. The van der Waals surface area contributed by atoms with Gasteiger partial charge in [-0.1, -0.05) is 30.3 Å². The lowest BCUT2D eigenvalue weighted by atomic mass is 10.2. The molecule has 0 atom stereocenters. The average molecular weight is 331 g/mol. The molecule has 0 aliphatic carbocycles. The normalized spacial score (nSPS) is 13.9. The van der Waals surface area contributed by atoms with Crippen molar-refractivity contribution in [1.82, 2.24) is 14.5 Å². The molecule has 0 unspecified atom stereocenters. The van der Waals surface area contributed by atoms with Crippen molar-refractivity contribution in [2.24, 2.45) is 0 Å². The summed E-state index contributed by atoms with van der Waals surface area (Å²) in [6.07, 6.45) is 1.84. The molecule has 3 heterocycles. The van der Waals surface area contributed by atoms with Crippen LogP contribution in [0.3, 0.4) is 0 Å². The molecule has 0 bridgehead atoms.